The molecule has 1 saturated heterocycles. The van der Waals surface area contributed by atoms with Gasteiger partial charge in [-0.2, -0.15) is 13.2 Å². The number of hydrogen-bond acceptors (Lipinski definition) is 3. The molecule has 8 heteroatoms. The van der Waals surface area contributed by atoms with Crippen LogP contribution in [0.15, 0.2) is 24.3 Å². The molecular formula is C16H19F3N2O3. The van der Waals surface area contributed by atoms with Gasteiger partial charge in [0, 0.05) is 12.2 Å². The van der Waals surface area contributed by atoms with E-state index >= 15 is 0 Å². The molecule has 0 bridgehead atoms. The van der Waals surface area contributed by atoms with E-state index in [1.807, 2.05) is 6.92 Å². The Hall–Kier alpha value is -2.09. The molecule has 1 aliphatic rings. The first-order valence-corrected chi connectivity index (χ1v) is 7.68. The summed E-state index contributed by atoms with van der Waals surface area (Å²) in [5, 5.41) is 8.97. The summed E-state index contributed by atoms with van der Waals surface area (Å²) >= 11 is 0. The summed E-state index contributed by atoms with van der Waals surface area (Å²) in [6.07, 6.45) is -3.26. The van der Waals surface area contributed by atoms with Gasteiger partial charge in [0.05, 0.1) is 18.2 Å². The number of halogens is 3. The number of hydrogen-bond donors (Lipinski definition) is 1. The highest BCUT2D eigenvalue weighted by atomic mass is 19.4. The molecule has 0 aliphatic carbocycles. The van der Waals surface area contributed by atoms with Gasteiger partial charge in [-0.3, -0.25) is 14.5 Å². The third-order valence-electron chi connectivity index (χ3n) is 3.97. The second kappa shape index (κ2) is 7.21. The van der Waals surface area contributed by atoms with E-state index in [9.17, 15) is 22.8 Å². The second-order valence-corrected chi connectivity index (χ2v) is 5.70. The minimum atomic E-state index is -4.42. The van der Waals surface area contributed by atoms with Crippen molar-refractivity contribution in [2.75, 3.05) is 24.5 Å². The third kappa shape index (κ3) is 4.05. The molecule has 0 radical (unpaired) electrons. The first kappa shape index (κ1) is 18.3. The number of anilines is 1. The van der Waals surface area contributed by atoms with Crippen molar-refractivity contribution in [1.82, 2.24) is 4.90 Å². The molecule has 1 amide bonds. The lowest BCUT2D eigenvalue weighted by atomic mass is 10.2. The van der Waals surface area contributed by atoms with E-state index in [-0.39, 0.29) is 12.5 Å². The molecule has 132 valence electrons. The van der Waals surface area contributed by atoms with E-state index in [0.717, 1.165) is 12.1 Å². The lowest BCUT2D eigenvalue weighted by molar-refractivity contribution is -0.139. The summed E-state index contributed by atoms with van der Waals surface area (Å²) in [4.78, 5) is 26.5. The quantitative estimate of drug-likeness (QED) is 0.862. The number of nitrogens with zero attached hydrogens (tertiary/aromatic N) is 2. The molecule has 1 aromatic carbocycles. The van der Waals surface area contributed by atoms with Gasteiger partial charge in [0.25, 0.3) is 0 Å². The van der Waals surface area contributed by atoms with Crippen molar-refractivity contribution in [1.29, 1.82) is 0 Å². The van der Waals surface area contributed by atoms with Crippen LogP contribution in [0.25, 0.3) is 0 Å². The second-order valence-electron chi connectivity index (χ2n) is 5.70. The highest BCUT2D eigenvalue weighted by molar-refractivity contribution is 5.99. The molecule has 1 unspecified atom stereocenters. The molecule has 24 heavy (non-hydrogen) atoms. The van der Waals surface area contributed by atoms with Crippen molar-refractivity contribution in [2.45, 2.75) is 32.0 Å². The molecule has 1 N–H and O–H groups in total. The summed E-state index contributed by atoms with van der Waals surface area (Å²) in [5.74, 6) is -1.28. The Morgan fingerprint density at radius 2 is 1.96 bits per heavy atom. The van der Waals surface area contributed by atoms with Gasteiger partial charge in [0.1, 0.15) is 0 Å². The topological polar surface area (TPSA) is 60.9 Å². The number of benzene rings is 1. The van der Waals surface area contributed by atoms with Crippen LogP contribution in [0, 0.1) is 0 Å². The lowest BCUT2D eigenvalue weighted by Crippen LogP contribution is -2.44. The molecule has 1 aliphatic heterocycles. The number of carbonyl (C=O) groups is 2. The lowest BCUT2D eigenvalue weighted by Gasteiger charge is -2.26. The maximum atomic E-state index is 12.6. The Morgan fingerprint density at radius 1 is 1.33 bits per heavy atom. The minimum Gasteiger partial charge on any atom is -0.480 e. The van der Waals surface area contributed by atoms with Crippen molar-refractivity contribution >= 4 is 17.6 Å². The average Bonchev–Trinajstić information content (AvgIpc) is 2.87. The maximum absolute atomic E-state index is 12.6. The molecule has 1 atom stereocenters. The van der Waals surface area contributed by atoms with Crippen LogP contribution in [-0.4, -0.2) is 47.6 Å². The van der Waals surface area contributed by atoms with Crippen molar-refractivity contribution in [3.8, 4) is 0 Å². The molecule has 0 aromatic heterocycles. The fourth-order valence-corrected chi connectivity index (χ4v) is 2.90. The van der Waals surface area contributed by atoms with Crippen LogP contribution >= 0.6 is 0 Å². The zero-order valence-electron chi connectivity index (χ0n) is 13.2. The van der Waals surface area contributed by atoms with Gasteiger partial charge in [-0.1, -0.05) is 6.92 Å². The number of aliphatic carboxylic acids is 1. The van der Waals surface area contributed by atoms with E-state index < -0.39 is 23.8 Å². The van der Waals surface area contributed by atoms with E-state index in [1.165, 1.54) is 17.0 Å². The Morgan fingerprint density at radius 3 is 2.46 bits per heavy atom. The van der Waals surface area contributed by atoms with Gasteiger partial charge >= 0.3 is 12.1 Å². The SMILES string of the molecule is CCCN(CC(=O)O)C1CCN(c2ccc(C(F)(F)F)cc2)C1=O. The molecule has 0 saturated carbocycles. The van der Waals surface area contributed by atoms with Gasteiger partial charge in [-0.25, -0.2) is 0 Å². The van der Waals surface area contributed by atoms with Crippen LogP contribution in [-0.2, 0) is 15.8 Å². The number of carboxylic acids is 1. The van der Waals surface area contributed by atoms with Crippen LogP contribution in [0.5, 0.6) is 0 Å². The van der Waals surface area contributed by atoms with Crippen molar-refractivity contribution < 1.29 is 27.9 Å². The summed E-state index contributed by atoms with van der Waals surface area (Å²) in [6, 6.07) is 3.87. The maximum Gasteiger partial charge on any atom is 0.416 e. The molecule has 0 spiro atoms. The largest absolute Gasteiger partial charge is 0.480 e. The zero-order valence-corrected chi connectivity index (χ0v) is 13.2. The predicted molar refractivity (Wildman–Crippen MR) is 81.7 cm³/mol. The molecule has 2 rings (SSSR count). The van der Waals surface area contributed by atoms with Gasteiger partial charge < -0.3 is 10.0 Å². The van der Waals surface area contributed by atoms with Crippen molar-refractivity contribution in [3.63, 3.8) is 0 Å². The van der Waals surface area contributed by atoms with Crippen LogP contribution in [0.3, 0.4) is 0 Å². The summed E-state index contributed by atoms with van der Waals surface area (Å²) in [7, 11) is 0. The first-order chi connectivity index (χ1) is 11.2. The van der Waals surface area contributed by atoms with Gasteiger partial charge in [-0.15, -0.1) is 0 Å². The van der Waals surface area contributed by atoms with Gasteiger partial charge in [0.2, 0.25) is 5.91 Å². The number of alkyl halides is 3. The fourth-order valence-electron chi connectivity index (χ4n) is 2.90. The molecule has 1 aromatic rings. The summed E-state index contributed by atoms with van der Waals surface area (Å²) < 4.78 is 37.8. The standard InChI is InChI=1S/C16H19F3N2O3/c1-2-8-20(10-14(22)23)13-7-9-21(15(13)24)12-5-3-11(4-6-12)16(17,18)19/h3-6,13H,2,7-10H2,1H3,(H,22,23). The van der Waals surface area contributed by atoms with E-state index in [4.69, 9.17) is 5.11 Å². The normalized spacial score (nSPS) is 18.5. The predicted octanol–water partition coefficient (Wildman–Crippen LogP) is 2.61. The number of carbonyl (C=O) groups excluding carboxylic acids is 1. The highest BCUT2D eigenvalue weighted by Crippen LogP contribution is 2.32. The third-order valence-corrected chi connectivity index (χ3v) is 3.97. The van der Waals surface area contributed by atoms with E-state index in [2.05, 4.69) is 0 Å². The van der Waals surface area contributed by atoms with Crippen LogP contribution in [0.1, 0.15) is 25.3 Å². The van der Waals surface area contributed by atoms with Crippen LogP contribution in [0.2, 0.25) is 0 Å². The molecule has 1 fully saturated rings. The zero-order chi connectivity index (χ0) is 17.9. The Kier molecular flexibility index (Phi) is 5.48. The van der Waals surface area contributed by atoms with E-state index in [1.54, 1.807) is 4.90 Å². The van der Waals surface area contributed by atoms with Crippen LogP contribution < -0.4 is 4.90 Å². The average molecular weight is 344 g/mol. The summed E-state index contributed by atoms with van der Waals surface area (Å²) in [6.45, 7) is 2.49. The van der Waals surface area contributed by atoms with Crippen molar-refractivity contribution in [3.05, 3.63) is 29.8 Å². The fraction of sp³-hybridized carbons (Fsp3) is 0.500. The van der Waals surface area contributed by atoms with Crippen molar-refractivity contribution in [2.24, 2.45) is 0 Å². The smallest absolute Gasteiger partial charge is 0.416 e. The molecular weight excluding hydrogens is 325 g/mol. The number of rotatable bonds is 6. The highest BCUT2D eigenvalue weighted by Gasteiger charge is 2.37. The monoisotopic (exact) mass is 344 g/mol. The first-order valence-electron chi connectivity index (χ1n) is 7.68. The van der Waals surface area contributed by atoms with Crippen LogP contribution in [0.4, 0.5) is 18.9 Å². The Labute approximate surface area is 137 Å². The number of amides is 1. The molecule has 5 nitrogen and oxygen atoms in total. The summed E-state index contributed by atoms with van der Waals surface area (Å²) in [5.41, 5.74) is -0.379. The Bertz CT molecular complexity index is 602. The van der Waals surface area contributed by atoms with E-state index in [0.29, 0.717) is 31.6 Å². The van der Waals surface area contributed by atoms with Gasteiger partial charge in [0.15, 0.2) is 0 Å². The number of carboxylic acid groups (broad SMARTS) is 1. The Balaban J connectivity index is 2.14. The van der Waals surface area contributed by atoms with Gasteiger partial charge in [-0.05, 0) is 43.7 Å². The minimum absolute atomic E-state index is 0.231. The molecule has 1 heterocycles.